The summed E-state index contributed by atoms with van der Waals surface area (Å²) in [4.78, 5) is 12.3. The van der Waals surface area contributed by atoms with Crippen molar-refractivity contribution in [3.8, 4) is 0 Å². The van der Waals surface area contributed by atoms with Crippen LogP contribution in [0.1, 0.15) is 36.4 Å². The summed E-state index contributed by atoms with van der Waals surface area (Å²) < 4.78 is 40.2. The maximum atomic E-state index is 13.4. The van der Waals surface area contributed by atoms with E-state index in [2.05, 4.69) is 21.5 Å². The molecule has 3 fully saturated rings. The molecule has 8 heteroatoms. The number of nitrogens with one attached hydrogen (secondary N) is 4. The molecule has 1 aromatic carbocycles. The Bertz CT molecular complexity index is 681. The van der Waals surface area contributed by atoms with E-state index in [1.54, 1.807) is 6.07 Å². The molecule has 4 N–H and O–H groups in total. The Morgan fingerprint density at radius 3 is 2.73 bits per heavy atom. The summed E-state index contributed by atoms with van der Waals surface area (Å²) in [6.07, 6.45) is -2.38. The fourth-order valence-corrected chi connectivity index (χ4v) is 4.84. The van der Waals surface area contributed by atoms with Crippen LogP contribution in [-0.4, -0.2) is 25.2 Å². The van der Waals surface area contributed by atoms with Crippen LogP contribution >= 0.6 is 0 Å². The molecule has 5 nitrogen and oxygen atoms in total. The highest BCUT2D eigenvalue weighted by atomic mass is 19.4. The number of amides is 1. The van der Waals surface area contributed by atoms with E-state index in [0.29, 0.717) is 24.7 Å². The van der Waals surface area contributed by atoms with E-state index in [1.165, 1.54) is 12.1 Å². The molecule has 3 aliphatic rings. The van der Waals surface area contributed by atoms with Crippen LogP contribution in [0.2, 0.25) is 0 Å². The Morgan fingerprint density at radius 2 is 1.92 bits per heavy atom. The quantitative estimate of drug-likeness (QED) is 0.644. The zero-order valence-corrected chi connectivity index (χ0v) is 14.3. The maximum absolute atomic E-state index is 13.4. The molecular weight excluding hydrogens is 345 g/mol. The van der Waals surface area contributed by atoms with Gasteiger partial charge in [-0.2, -0.15) is 13.2 Å². The highest BCUT2D eigenvalue weighted by Gasteiger charge is 2.44. The third-order valence-corrected chi connectivity index (χ3v) is 5.98. The summed E-state index contributed by atoms with van der Waals surface area (Å²) in [5, 5.41) is 6.20. The molecule has 1 aromatic rings. The van der Waals surface area contributed by atoms with Crippen molar-refractivity contribution in [2.45, 2.75) is 37.6 Å². The van der Waals surface area contributed by atoms with E-state index in [9.17, 15) is 18.0 Å². The monoisotopic (exact) mass is 368 g/mol. The molecule has 4 rings (SSSR count). The molecule has 0 spiro atoms. The lowest BCUT2D eigenvalue weighted by Gasteiger charge is -2.42. The van der Waals surface area contributed by atoms with Crippen LogP contribution in [0.25, 0.3) is 0 Å². The average Bonchev–Trinajstić information content (AvgIpc) is 3.09. The fraction of sp³-hybridized carbons (Fsp3) is 0.611. The molecule has 0 aromatic heterocycles. The summed E-state index contributed by atoms with van der Waals surface area (Å²) in [6, 6.07) is 4.99. The van der Waals surface area contributed by atoms with Crippen LogP contribution in [-0.2, 0) is 11.0 Å². The molecule has 1 amide bonds. The van der Waals surface area contributed by atoms with Gasteiger partial charge < -0.3 is 10.6 Å². The second-order valence-corrected chi connectivity index (χ2v) is 7.48. The van der Waals surface area contributed by atoms with E-state index >= 15 is 0 Å². The minimum atomic E-state index is -4.42. The van der Waals surface area contributed by atoms with Crippen molar-refractivity contribution in [1.82, 2.24) is 21.5 Å². The first-order chi connectivity index (χ1) is 12.4. The molecule has 3 aliphatic heterocycles. The second-order valence-electron chi connectivity index (χ2n) is 7.48. The smallest absolute Gasteiger partial charge is 0.349 e. The third-order valence-electron chi connectivity index (χ3n) is 5.98. The molecule has 0 radical (unpaired) electrons. The highest BCUT2D eigenvalue weighted by molar-refractivity contribution is 5.77. The largest absolute Gasteiger partial charge is 0.416 e. The van der Waals surface area contributed by atoms with Crippen molar-refractivity contribution in [2.75, 3.05) is 13.1 Å². The van der Waals surface area contributed by atoms with Crippen molar-refractivity contribution >= 4 is 5.91 Å². The van der Waals surface area contributed by atoms with Crippen LogP contribution in [0.4, 0.5) is 13.2 Å². The predicted octanol–water partition coefficient (Wildman–Crippen LogP) is 1.93. The Balaban J connectivity index is 1.59. The van der Waals surface area contributed by atoms with Gasteiger partial charge in [0.1, 0.15) is 0 Å². The predicted molar refractivity (Wildman–Crippen MR) is 89.6 cm³/mol. The van der Waals surface area contributed by atoms with Crippen LogP contribution < -0.4 is 21.5 Å². The van der Waals surface area contributed by atoms with Gasteiger partial charge in [0.15, 0.2) is 0 Å². The number of carbonyl (C=O) groups is 1. The minimum absolute atomic E-state index is 0.0892. The van der Waals surface area contributed by atoms with E-state index in [-0.39, 0.29) is 23.6 Å². The van der Waals surface area contributed by atoms with Crippen molar-refractivity contribution < 1.29 is 18.0 Å². The number of carbonyl (C=O) groups excluding carboxylic acids is 1. The molecule has 5 atom stereocenters. The topological polar surface area (TPSA) is 65.2 Å². The molecule has 142 valence electrons. The Labute approximate surface area is 150 Å². The number of piperidine rings is 2. The Morgan fingerprint density at radius 1 is 1.12 bits per heavy atom. The molecule has 26 heavy (non-hydrogen) atoms. The number of hydrogen-bond donors (Lipinski definition) is 4. The standard InChI is InChI=1S/C18H23F3N4O/c19-18(20,21)14-4-2-1-3-12(14)15-7-10(8-16(26)24-15)11-5-6-22-17-13(11)9-23-25-17/h1-4,10-11,13,15,17,22-23,25H,5-9H2,(H,24,26). The summed E-state index contributed by atoms with van der Waals surface area (Å²) in [5.41, 5.74) is 5.87. The SMILES string of the molecule is O=C1CC(C2CCNC3NNCC32)CC(c2ccccc2C(F)(F)F)N1. The number of halogens is 3. The summed E-state index contributed by atoms with van der Waals surface area (Å²) in [5.74, 6) is 0.595. The number of rotatable bonds is 2. The first-order valence-electron chi connectivity index (χ1n) is 9.11. The molecule has 0 saturated carbocycles. The second kappa shape index (κ2) is 6.83. The van der Waals surface area contributed by atoms with Gasteiger partial charge in [-0.3, -0.25) is 10.2 Å². The normalized spacial score (nSPS) is 35.0. The van der Waals surface area contributed by atoms with Gasteiger partial charge in [-0.25, -0.2) is 5.43 Å². The van der Waals surface area contributed by atoms with E-state index in [1.807, 2.05) is 0 Å². The van der Waals surface area contributed by atoms with Gasteiger partial charge in [0.25, 0.3) is 0 Å². The minimum Gasteiger partial charge on any atom is -0.349 e. The van der Waals surface area contributed by atoms with Crippen molar-refractivity contribution in [2.24, 2.45) is 17.8 Å². The number of benzene rings is 1. The molecule has 0 aliphatic carbocycles. The van der Waals surface area contributed by atoms with Crippen LogP contribution in [0.5, 0.6) is 0 Å². The van der Waals surface area contributed by atoms with Crippen molar-refractivity contribution in [1.29, 1.82) is 0 Å². The lowest BCUT2D eigenvalue weighted by atomic mass is 9.70. The van der Waals surface area contributed by atoms with Crippen molar-refractivity contribution in [3.63, 3.8) is 0 Å². The number of hydrogen-bond acceptors (Lipinski definition) is 4. The van der Waals surface area contributed by atoms with Crippen molar-refractivity contribution in [3.05, 3.63) is 35.4 Å². The van der Waals surface area contributed by atoms with Gasteiger partial charge in [0, 0.05) is 18.9 Å². The van der Waals surface area contributed by atoms with Crippen LogP contribution in [0.15, 0.2) is 24.3 Å². The fourth-order valence-electron chi connectivity index (χ4n) is 4.84. The Hall–Kier alpha value is -1.64. The van der Waals surface area contributed by atoms with E-state index < -0.39 is 17.8 Å². The summed E-state index contributed by atoms with van der Waals surface area (Å²) >= 11 is 0. The zero-order valence-electron chi connectivity index (χ0n) is 14.3. The van der Waals surface area contributed by atoms with Gasteiger partial charge in [-0.05, 0) is 42.9 Å². The van der Waals surface area contributed by atoms with Gasteiger partial charge in [-0.15, -0.1) is 0 Å². The molecular formula is C18H23F3N4O. The van der Waals surface area contributed by atoms with Gasteiger partial charge in [0.2, 0.25) is 5.91 Å². The number of alkyl halides is 3. The lowest BCUT2D eigenvalue weighted by molar-refractivity contribution is -0.139. The first-order valence-corrected chi connectivity index (χ1v) is 9.11. The van der Waals surface area contributed by atoms with E-state index in [0.717, 1.165) is 25.6 Å². The van der Waals surface area contributed by atoms with Gasteiger partial charge >= 0.3 is 6.18 Å². The summed E-state index contributed by atoms with van der Waals surface area (Å²) in [7, 11) is 0. The first kappa shape index (κ1) is 17.8. The lowest BCUT2D eigenvalue weighted by Crippen LogP contribution is -2.53. The molecule has 5 unspecified atom stereocenters. The summed E-state index contributed by atoms with van der Waals surface area (Å²) in [6.45, 7) is 1.66. The van der Waals surface area contributed by atoms with Crippen LogP contribution in [0.3, 0.4) is 0 Å². The van der Waals surface area contributed by atoms with Gasteiger partial charge in [0.05, 0.1) is 17.8 Å². The molecule has 3 saturated heterocycles. The number of fused-ring (bicyclic) bond motifs is 1. The van der Waals surface area contributed by atoms with E-state index in [4.69, 9.17) is 0 Å². The highest BCUT2D eigenvalue weighted by Crippen LogP contribution is 2.42. The number of hydrazine groups is 1. The molecule has 3 heterocycles. The third kappa shape index (κ3) is 3.33. The maximum Gasteiger partial charge on any atom is 0.416 e. The molecule has 0 bridgehead atoms. The Kier molecular flexibility index (Phi) is 4.66. The van der Waals surface area contributed by atoms with Crippen LogP contribution in [0, 0.1) is 17.8 Å². The van der Waals surface area contributed by atoms with Gasteiger partial charge in [-0.1, -0.05) is 18.2 Å². The average molecular weight is 368 g/mol. The zero-order chi connectivity index (χ0) is 18.3.